The van der Waals surface area contributed by atoms with Gasteiger partial charge in [0.15, 0.2) is 14.6 Å². The number of nitrogens with two attached hydrogens (primary N) is 1. The van der Waals surface area contributed by atoms with Crippen molar-refractivity contribution in [3.05, 3.63) is 24.3 Å². The van der Waals surface area contributed by atoms with Crippen LogP contribution in [-0.4, -0.2) is 52.0 Å². The summed E-state index contributed by atoms with van der Waals surface area (Å²) in [4.78, 5) is 23.0. The zero-order valence-corrected chi connectivity index (χ0v) is 15.4. The fraction of sp³-hybridized carbons (Fsp3) is 0.529. The highest BCUT2D eigenvalue weighted by Crippen LogP contribution is 2.35. The Kier molecular flexibility index (Phi) is 6.60. The second kappa shape index (κ2) is 8.50. The smallest absolute Gasteiger partial charge is 0.305 e. The number of carbonyl (C=O) groups is 2. The lowest BCUT2D eigenvalue weighted by Gasteiger charge is -2.33. The van der Waals surface area contributed by atoms with Gasteiger partial charge < -0.3 is 19.9 Å². The molecule has 2 N–H and O–H groups in total. The minimum atomic E-state index is -3.95. The summed E-state index contributed by atoms with van der Waals surface area (Å²) in [6.45, 7) is 0.636. The Bertz CT molecular complexity index is 737. The van der Waals surface area contributed by atoms with Crippen molar-refractivity contribution >= 4 is 21.7 Å². The third-order valence-electron chi connectivity index (χ3n) is 4.42. The molecule has 0 bridgehead atoms. The van der Waals surface area contributed by atoms with Crippen molar-refractivity contribution in [1.82, 2.24) is 0 Å². The second-order valence-electron chi connectivity index (χ2n) is 5.97. The molecule has 1 aromatic rings. The van der Waals surface area contributed by atoms with E-state index in [2.05, 4.69) is 4.74 Å². The predicted molar refractivity (Wildman–Crippen MR) is 92.4 cm³/mol. The topological polar surface area (TPSA) is 122 Å². The summed E-state index contributed by atoms with van der Waals surface area (Å²) in [6, 6.07) is 5.81. The number of benzene rings is 1. The molecule has 9 heteroatoms. The number of hydrogen-bond acceptors (Lipinski definition) is 7. The lowest BCUT2D eigenvalue weighted by Crippen LogP contribution is -2.53. The van der Waals surface area contributed by atoms with E-state index in [4.69, 9.17) is 15.2 Å². The fourth-order valence-electron chi connectivity index (χ4n) is 2.80. The van der Waals surface area contributed by atoms with Gasteiger partial charge in [-0.25, -0.2) is 8.42 Å². The third kappa shape index (κ3) is 4.16. The Labute approximate surface area is 152 Å². The molecule has 1 aliphatic heterocycles. The van der Waals surface area contributed by atoms with Gasteiger partial charge in [-0.05, 0) is 43.5 Å². The summed E-state index contributed by atoms with van der Waals surface area (Å²) in [5.74, 6) is -0.707. The van der Waals surface area contributed by atoms with Crippen LogP contribution in [-0.2, 0) is 28.9 Å². The number of hydrogen-bond donors (Lipinski definition) is 1. The second-order valence-corrected chi connectivity index (χ2v) is 8.23. The van der Waals surface area contributed by atoms with Crippen molar-refractivity contribution < 1.29 is 32.2 Å². The van der Waals surface area contributed by atoms with Gasteiger partial charge in [0.1, 0.15) is 5.75 Å². The quantitative estimate of drug-likeness (QED) is 0.519. The van der Waals surface area contributed by atoms with Crippen LogP contribution in [0, 0.1) is 0 Å². The monoisotopic (exact) mass is 385 g/mol. The van der Waals surface area contributed by atoms with E-state index in [1.165, 1.54) is 31.4 Å². The Morgan fingerprint density at radius 1 is 1.19 bits per heavy atom. The molecule has 0 atom stereocenters. The zero-order chi connectivity index (χ0) is 19.2. The van der Waals surface area contributed by atoms with Crippen LogP contribution in [0.2, 0.25) is 0 Å². The van der Waals surface area contributed by atoms with E-state index in [-0.39, 0.29) is 43.3 Å². The molecule has 1 saturated heterocycles. The Morgan fingerprint density at radius 3 is 2.35 bits per heavy atom. The first-order chi connectivity index (χ1) is 12.3. The Morgan fingerprint density at radius 2 is 1.81 bits per heavy atom. The van der Waals surface area contributed by atoms with Crippen LogP contribution in [0.3, 0.4) is 0 Å². The van der Waals surface area contributed by atoms with Gasteiger partial charge in [-0.1, -0.05) is 0 Å². The Hall–Kier alpha value is -2.13. The highest BCUT2D eigenvalue weighted by molar-refractivity contribution is 7.93. The molecule has 0 radical (unpaired) electrons. The van der Waals surface area contributed by atoms with E-state index >= 15 is 0 Å². The molecule has 1 aromatic carbocycles. The summed E-state index contributed by atoms with van der Waals surface area (Å²) >= 11 is 0. The van der Waals surface area contributed by atoms with E-state index in [0.29, 0.717) is 18.8 Å². The Balaban J connectivity index is 2.08. The average molecular weight is 385 g/mol. The molecular formula is C17H23NO7S. The van der Waals surface area contributed by atoms with Gasteiger partial charge >= 0.3 is 5.97 Å². The van der Waals surface area contributed by atoms with Gasteiger partial charge in [0.05, 0.1) is 18.6 Å². The van der Waals surface area contributed by atoms with E-state index in [1.54, 1.807) is 0 Å². The number of ether oxygens (including phenoxy) is 3. The van der Waals surface area contributed by atoms with Crippen molar-refractivity contribution in [3.8, 4) is 5.75 Å². The van der Waals surface area contributed by atoms with Gasteiger partial charge in [-0.15, -0.1) is 0 Å². The van der Waals surface area contributed by atoms with Crippen molar-refractivity contribution in [2.45, 2.75) is 35.3 Å². The average Bonchev–Trinajstić information content (AvgIpc) is 2.65. The first-order valence-corrected chi connectivity index (χ1v) is 9.74. The molecule has 1 heterocycles. The summed E-state index contributed by atoms with van der Waals surface area (Å²) in [5, 5.41) is 0. The summed E-state index contributed by atoms with van der Waals surface area (Å²) in [5.41, 5.74) is 5.44. The van der Waals surface area contributed by atoms with Gasteiger partial charge in [0.2, 0.25) is 5.91 Å². The number of methoxy groups -OCH3 is 1. The van der Waals surface area contributed by atoms with E-state index < -0.39 is 20.5 Å². The molecule has 1 fully saturated rings. The first-order valence-electron chi connectivity index (χ1n) is 8.25. The maximum atomic E-state index is 13.0. The predicted octanol–water partition coefficient (Wildman–Crippen LogP) is 0.827. The van der Waals surface area contributed by atoms with Crippen molar-refractivity contribution in [2.24, 2.45) is 5.73 Å². The molecule has 26 heavy (non-hydrogen) atoms. The van der Waals surface area contributed by atoms with Crippen LogP contribution in [0.4, 0.5) is 0 Å². The molecule has 0 saturated carbocycles. The summed E-state index contributed by atoms with van der Waals surface area (Å²) < 4.78 is 39.5. The number of sulfone groups is 1. The molecular weight excluding hydrogens is 362 g/mol. The lowest BCUT2D eigenvalue weighted by atomic mass is 9.98. The molecule has 144 valence electrons. The maximum Gasteiger partial charge on any atom is 0.305 e. The van der Waals surface area contributed by atoms with Crippen molar-refractivity contribution in [1.29, 1.82) is 0 Å². The van der Waals surface area contributed by atoms with Crippen LogP contribution in [0.5, 0.6) is 5.75 Å². The minimum Gasteiger partial charge on any atom is -0.494 e. The van der Waals surface area contributed by atoms with Gasteiger partial charge in [-0.3, -0.25) is 9.59 Å². The third-order valence-corrected chi connectivity index (χ3v) is 6.95. The standard InChI is InChI=1S/C17H23NO7S/c1-23-15(19)3-2-10-25-13-4-6-14(7-5-13)26(21,22)17(16(18)20)8-11-24-12-9-17/h4-7H,2-3,8-12H2,1H3,(H2,18,20). The minimum absolute atomic E-state index is 0.0140. The van der Waals surface area contributed by atoms with Gasteiger partial charge in [0, 0.05) is 19.6 Å². The number of esters is 1. The molecule has 0 unspecified atom stereocenters. The van der Waals surface area contributed by atoms with Crippen LogP contribution in [0.15, 0.2) is 29.2 Å². The van der Waals surface area contributed by atoms with Crippen LogP contribution in [0.25, 0.3) is 0 Å². The van der Waals surface area contributed by atoms with Gasteiger partial charge in [0.25, 0.3) is 0 Å². The van der Waals surface area contributed by atoms with Crippen LogP contribution >= 0.6 is 0 Å². The van der Waals surface area contributed by atoms with Crippen molar-refractivity contribution in [3.63, 3.8) is 0 Å². The molecule has 0 aliphatic carbocycles. The number of primary amides is 1. The maximum absolute atomic E-state index is 13.0. The molecule has 8 nitrogen and oxygen atoms in total. The lowest BCUT2D eigenvalue weighted by molar-refractivity contribution is -0.140. The number of rotatable bonds is 8. The molecule has 1 aliphatic rings. The summed E-state index contributed by atoms with van der Waals surface area (Å²) in [7, 11) is -2.63. The SMILES string of the molecule is COC(=O)CCCOc1ccc(S(=O)(=O)C2(C(N)=O)CCOCC2)cc1. The molecule has 2 rings (SSSR count). The zero-order valence-electron chi connectivity index (χ0n) is 14.6. The van der Waals surface area contributed by atoms with E-state index in [0.717, 1.165) is 0 Å². The normalized spacial score (nSPS) is 16.7. The largest absolute Gasteiger partial charge is 0.494 e. The van der Waals surface area contributed by atoms with E-state index in [1.807, 2.05) is 0 Å². The van der Waals surface area contributed by atoms with E-state index in [9.17, 15) is 18.0 Å². The molecule has 0 spiro atoms. The van der Waals surface area contributed by atoms with Crippen molar-refractivity contribution in [2.75, 3.05) is 26.9 Å². The van der Waals surface area contributed by atoms with Crippen LogP contribution in [0.1, 0.15) is 25.7 Å². The first kappa shape index (κ1) is 20.2. The fourth-order valence-corrected chi connectivity index (χ4v) is 4.71. The van der Waals surface area contributed by atoms with Crippen LogP contribution < -0.4 is 10.5 Å². The highest BCUT2D eigenvalue weighted by Gasteiger charge is 2.51. The highest BCUT2D eigenvalue weighted by atomic mass is 32.2. The van der Waals surface area contributed by atoms with Gasteiger partial charge in [-0.2, -0.15) is 0 Å². The number of carbonyl (C=O) groups excluding carboxylic acids is 2. The number of amides is 1. The summed E-state index contributed by atoms with van der Waals surface area (Å²) in [6.07, 6.45) is 0.802. The molecule has 1 amide bonds. The molecule has 0 aromatic heterocycles.